The largest absolute Gasteiger partial charge is 0.491 e. The monoisotopic (exact) mass is 391 g/mol. The second-order valence-corrected chi connectivity index (χ2v) is 7.44. The van der Waals surface area contributed by atoms with Crippen LogP contribution in [-0.2, 0) is 11.2 Å². The number of carbonyl (C=O) groups excluding carboxylic acids is 1. The predicted octanol–water partition coefficient (Wildman–Crippen LogP) is 5.14. The van der Waals surface area contributed by atoms with Crippen molar-refractivity contribution in [2.75, 3.05) is 6.54 Å². The zero-order valence-electron chi connectivity index (χ0n) is 17.4. The smallest absolute Gasteiger partial charge is 0.260 e. The molecule has 4 nitrogen and oxygen atoms in total. The number of fused-ring (bicyclic) bond motifs is 1. The standard InChI is InChI=1S/C25H29NO3/c1-18(2)28-22-15-13-20(14-16-22)8-7-17-26-25(27)19(3)29-24-12-6-10-21-9-4-5-11-23(21)24/h4-6,9-16,18-19H,7-8,17H2,1-3H3,(H,26,27). The number of ether oxygens (including phenoxy) is 2. The third-order valence-corrected chi connectivity index (χ3v) is 4.66. The van der Waals surface area contributed by atoms with E-state index in [0.717, 1.165) is 35.1 Å². The topological polar surface area (TPSA) is 47.6 Å². The molecule has 152 valence electrons. The molecule has 0 spiro atoms. The summed E-state index contributed by atoms with van der Waals surface area (Å²) < 4.78 is 11.6. The van der Waals surface area contributed by atoms with Crippen molar-refractivity contribution in [3.05, 3.63) is 72.3 Å². The molecular weight excluding hydrogens is 362 g/mol. The molecule has 1 amide bonds. The Bertz CT molecular complexity index is 929. The zero-order chi connectivity index (χ0) is 20.6. The van der Waals surface area contributed by atoms with E-state index in [1.165, 1.54) is 5.56 Å². The fraction of sp³-hybridized carbons (Fsp3) is 0.320. The highest BCUT2D eigenvalue weighted by Crippen LogP contribution is 2.26. The highest BCUT2D eigenvalue weighted by Gasteiger charge is 2.15. The first-order valence-corrected chi connectivity index (χ1v) is 10.2. The second-order valence-electron chi connectivity index (χ2n) is 7.44. The van der Waals surface area contributed by atoms with E-state index in [0.29, 0.717) is 6.54 Å². The Labute approximate surface area is 172 Å². The number of hydrogen-bond acceptors (Lipinski definition) is 3. The molecule has 1 atom stereocenters. The quantitative estimate of drug-likeness (QED) is 0.514. The van der Waals surface area contributed by atoms with Gasteiger partial charge in [-0.05, 0) is 62.8 Å². The Balaban J connectivity index is 1.44. The number of amides is 1. The number of benzene rings is 3. The van der Waals surface area contributed by atoms with Gasteiger partial charge in [0.05, 0.1) is 6.10 Å². The van der Waals surface area contributed by atoms with E-state index in [2.05, 4.69) is 17.4 Å². The normalized spacial score (nSPS) is 12.0. The molecule has 3 rings (SSSR count). The van der Waals surface area contributed by atoms with Gasteiger partial charge in [-0.25, -0.2) is 0 Å². The van der Waals surface area contributed by atoms with Crippen LogP contribution in [0.1, 0.15) is 32.8 Å². The van der Waals surface area contributed by atoms with Gasteiger partial charge in [-0.2, -0.15) is 0 Å². The van der Waals surface area contributed by atoms with Gasteiger partial charge in [0, 0.05) is 11.9 Å². The fourth-order valence-electron chi connectivity index (χ4n) is 3.20. The van der Waals surface area contributed by atoms with E-state index in [1.54, 1.807) is 6.92 Å². The Morgan fingerprint density at radius 1 is 0.897 bits per heavy atom. The highest BCUT2D eigenvalue weighted by molar-refractivity contribution is 5.89. The Hall–Kier alpha value is -3.01. The molecule has 0 aliphatic carbocycles. The van der Waals surface area contributed by atoms with Crippen molar-refractivity contribution in [2.45, 2.75) is 45.8 Å². The molecule has 0 bridgehead atoms. The summed E-state index contributed by atoms with van der Waals surface area (Å²) in [6.45, 7) is 6.43. The van der Waals surface area contributed by atoms with E-state index >= 15 is 0 Å². The molecule has 0 saturated carbocycles. The van der Waals surface area contributed by atoms with Crippen molar-refractivity contribution >= 4 is 16.7 Å². The first kappa shape index (κ1) is 20.7. The first-order valence-electron chi connectivity index (χ1n) is 10.2. The van der Waals surface area contributed by atoms with E-state index in [-0.39, 0.29) is 12.0 Å². The number of rotatable bonds is 9. The van der Waals surface area contributed by atoms with Gasteiger partial charge in [0.25, 0.3) is 5.91 Å². The summed E-state index contributed by atoms with van der Waals surface area (Å²) in [5.41, 5.74) is 1.23. The minimum Gasteiger partial charge on any atom is -0.491 e. The molecule has 1 unspecified atom stereocenters. The van der Waals surface area contributed by atoms with Gasteiger partial charge in [-0.15, -0.1) is 0 Å². The molecule has 0 aliphatic heterocycles. The minimum absolute atomic E-state index is 0.0985. The lowest BCUT2D eigenvalue weighted by molar-refractivity contribution is -0.127. The predicted molar refractivity (Wildman–Crippen MR) is 118 cm³/mol. The molecule has 3 aromatic rings. The van der Waals surface area contributed by atoms with Gasteiger partial charge >= 0.3 is 0 Å². The number of aryl methyl sites for hydroxylation is 1. The van der Waals surface area contributed by atoms with Crippen molar-refractivity contribution in [1.29, 1.82) is 0 Å². The van der Waals surface area contributed by atoms with Crippen LogP contribution in [0, 0.1) is 0 Å². The summed E-state index contributed by atoms with van der Waals surface area (Å²) in [6.07, 6.45) is 1.40. The molecule has 1 N–H and O–H groups in total. The molecule has 0 saturated heterocycles. The average Bonchev–Trinajstić information content (AvgIpc) is 2.72. The number of hydrogen-bond donors (Lipinski definition) is 1. The van der Waals surface area contributed by atoms with Crippen LogP contribution >= 0.6 is 0 Å². The fourth-order valence-corrected chi connectivity index (χ4v) is 3.20. The van der Waals surface area contributed by atoms with Gasteiger partial charge in [0.2, 0.25) is 0 Å². The minimum atomic E-state index is -0.548. The van der Waals surface area contributed by atoms with Crippen LogP contribution in [0.15, 0.2) is 66.7 Å². The van der Waals surface area contributed by atoms with Crippen LogP contribution < -0.4 is 14.8 Å². The molecule has 3 aromatic carbocycles. The van der Waals surface area contributed by atoms with E-state index in [9.17, 15) is 4.79 Å². The molecule has 29 heavy (non-hydrogen) atoms. The van der Waals surface area contributed by atoms with Crippen molar-refractivity contribution in [2.24, 2.45) is 0 Å². The second kappa shape index (κ2) is 9.97. The van der Waals surface area contributed by atoms with Crippen LogP contribution in [0.2, 0.25) is 0 Å². The average molecular weight is 392 g/mol. The maximum absolute atomic E-state index is 12.4. The summed E-state index contributed by atoms with van der Waals surface area (Å²) in [4.78, 5) is 12.4. The van der Waals surface area contributed by atoms with Crippen LogP contribution in [0.5, 0.6) is 11.5 Å². The van der Waals surface area contributed by atoms with Gasteiger partial charge in [0.15, 0.2) is 6.10 Å². The maximum atomic E-state index is 12.4. The maximum Gasteiger partial charge on any atom is 0.260 e. The van der Waals surface area contributed by atoms with Gasteiger partial charge in [-0.3, -0.25) is 4.79 Å². The number of nitrogens with one attached hydrogen (secondary N) is 1. The first-order chi connectivity index (χ1) is 14.0. The van der Waals surface area contributed by atoms with Crippen LogP contribution in [0.4, 0.5) is 0 Å². The van der Waals surface area contributed by atoms with Crippen molar-refractivity contribution in [1.82, 2.24) is 5.32 Å². The molecule has 0 aliphatic rings. The molecule has 0 aromatic heterocycles. The zero-order valence-corrected chi connectivity index (χ0v) is 17.4. The molecule has 0 fully saturated rings. The third kappa shape index (κ3) is 5.98. The van der Waals surface area contributed by atoms with Crippen LogP contribution in [0.25, 0.3) is 10.8 Å². The lowest BCUT2D eigenvalue weighted by Crippen LogP contribution is -2.37. The lowest BCUT2D eigenvalue weighted by Gasteiger charge is -2.16. The molecular formula is C25H29NO3. The summed E-state index contributed by atoms with van der Waals surface area (Å²) in [6, 6.07) is 22.0. The van der Waals surface area contributed by atoms with Gasteiger partial charge < -0.3 is 14.8 Å². The van der Waals surface area contributed by atoms with E-state index < -0.39 is 6.10 Å². The molecule has 0 heterocycles. The summed E-state index contributed by atoms with van der Waals surface area (Å²) in [5, 5.41) is 5.08. The highest BCUT2D eigenvalue weighted by atomic mass is 16.5. The van der Waals surface area contributed by atoms with Crippen molar-refractivity contribution < 1.29 is 14.3 Å². The lowest BCUT2D eigenvalue weighted by atomic mass is 10.1. The van der Waals surface area contributed by atoms with E-state index in [1.807, 2.05) is 68.4 Å². The molecule has 0 radical (unpaired) electrons. The van der Waals surface area contributed by atoms with Crippen LogP contribution in [-0.4, -0.2) is 24.7 Å². The summed E-state index contributed by atoms with van der Waals surface area (Å²) in [7, 11) is 0. The summed E-state index contributed by atoms with van der Waals surface area (Å²) in [5.74, 6) is 1.52. The third-order valence-electron chi connectivity index (χ3n) is 4.66. The van der Waals surface area contributed by atoms with Crippen molar-refractivity contribution in [3.63, 3.8) is 0 Å². The summed E-state index contributed by atoms with van der Waals surface area (Å²) >= 11 is 0. The Morgan fingerprint density at radius 3 is 2.38 bits per heavy atom. The Kier molecular flexibility index (Phi) is 7.12. The number of carbonyl (C=O) groups is 1. The van der Waals surface area contributed by atoms with E-state index in [4.69, 9.17) is 9.47 Å². The Morgan fingerprint density at radius 2 is 1.62 bits per heavy atom. The van der Waals surface area contributed by atoms with Gasteiger partial charge in [0.1, 0.15) is 11.5 Å². The van der Waals surface area contributed by atoms with Gasteiger partial charge in [-0.1, -0.05) is 48.5 Å². The SMILES string of the molecule is CC(C)Oc1ccc(CCCNC(=O)C(C)Oc2cccc3ccccc23)cc1. The van der Waals surface area contributed by atoms with Crippen LogP contribution in [0.3, 0.4) is 0 Å². The molecule has 4 heteroatoms. The van der Waals surface area contributed by atoms with Crippen molar-refractivity contribution in [3.8, 4) is 11.5 Å².